The van der Waals surface area contributed by atoms with Crippen molar-refractivity contribution in [1.29, 1.82) is 0 Å². The van der Waals surface area contributed by atoms with Gasteiger partial charge in [-0.25, -0.2) is 0 Å². The summed E-state index contributed by atoms with van der Waals surface area (Å²) in [5.41, 5.74) is -0.851. The number of hydrogen-bond donors (Lipinski definition) is 0. The molecule has 1 aromatic carbocycles. The molecule has 0 aliphatic carbocycles. The molecular formula is C7H3BClF3. The normalized spacial score (nSPS) is 11.7. The Morgan fingerprint density at radius 1 is 1.25 bits per heavy atom. The van der Waals surface area contributed by atoms with Crippen LogP contribution < -0.4 is 5.46 Å². The van der Waals surface area contributed by atoms with Crippen molar-refractivity contribution in [2.24, 2.45) is 0 Å². The fourth-order valence-electron chi connectivity index (χ4n) is 0.760. The summed E-state index contributed by atoms with van der Waals surface area (Å²) in [6.45, 7) is 0. The van der Waals surface area contributed by atoms with Crippen LogP contribution in [0.5, 0.6) is 0 Å². The van der Waals surface area contributed by atoms with Gasteiger partial charge >= 0.3 is 6.18 Å². The first-order valence-electron chi connectivity index (χ1n) is 3.03. The molecule has 2 radical (unpaired) electrons. The number of hydrogen-bond acceptors (Lipinski definition) is 0. The van der Waals surface area contributed by atoms with Gasteiger partial charge in [0.25, 0.3) is 0 Å². The Balaban J connectivity index is 3.23. The van der Waals surface area contributed by atoms with Gasteiger partial charge in [-0.2, -0.15) is 13.2 Å². The molecule has 0 amide bonds. The second-order valence-corrected chi connectivity index (χ2v) is 2.64. The van der Waals surface area contributed by atoms with Crippen LogP contribution in [0.2, 0.25) is 5.02 Å². The van der Waals surface area contributed by atoms with Crippen molar-refractivity contribution in [1.82, 2.24) is 0 Å². The summed E-state index contributed by atoms with van der Waals surface area (Å²) in [7, 11) is 5.17. The average Bonchev–Trinajstić information content (AvgIpc) is 1.92. The maximum Gasteiger partial charge on any atom is 0.417 e. The van der Waals surface area contributed by atoms with Gasteiger partial charge in [0.1, 0.15) is 7.85 Å². The molecule has 0 nitrogen and oxygen atoms in total. The van der Waals surface area contributed by atoms with Crippen LogP contribution in [0.4, 0.5) is 13.2 Å². The van der Waals surface area contributed by atoms with Crippen molar-refractivity contribution in [2.45, 2.75) is 6.18 Å². The van der Waals surface area contributed by atoms with Gasteiger partial charge in [0, 0.05) is 0 Å². The third kappa shape index (κ3) is 1.94. The van der Waals surface area contributed by atoms with E-state index in [2.05, 4.69) is 0 Å². The lowest BCUT2D eigenvalue weighted by Gasteiger charge is -2.08. The maximum atomic E-state index is 12.1. The zero-order chi connectivity index (χ0) is 9.35. The van der Waals surface area contributed by atoms with Crippen molar-refractivity contribution in [2.75, 3.05) is 0 Å². The summed E-state index contributed by atoms with van der Waals surface area (Å²) in [5, 5.41) is -0.336. The third-order valence-corrected chi connectivity index (χ3v) is 1.63. The van der Waals surface area contributed by atoms with Gasteiger partial charge in [0.15, 0.2) is 0 Å². The fraction of sp³-hybridized carbons (Fsp3) is 0.143. The molecule has 0 saturated heterocycles. The highest BCUT2D eigenvalue weighted by Gasteiger charge is 2.32. The van der Waals surface area contributed by atoms with E-state index < -0.39 is 11.7 Å². The quantitative estimate of drug-likeness (QED) is 0.550. The lowest BCUT2D eigenvalue weighted by molar-refractivity contribution is -0.137. The third-order valence-electron chi connectivity index (χ3n) is 1.30. The predicted octanol–water partition coefficient (Wildman–Crippen LogP) is 2.15. The number of halogens is 4. The van der Waals surface area contributed by atoms with Crippen LogP contribution in [0.15, 0.2) is 18.2 Å². The Labute approximate surface area is 73.7 Å². The van der Waals surface area contributed by atoms with Crippen molar-refractivity contribution in [3.63, 3.8) is 0 Å². The molecular weight excluding hydrogens is 187 g/mol. The molecule has 0 N–H and O–H groups in total. The van der Waals surface area contributed by atoms with Crippen molar-refractivity contribution in [3.05, 3.63) is 28.8 Å². The second-order valence-electron chi connectivity index (χ2n) is 2.24. The minimum Gasteiger partial charge on any atom is -0.166 e. The van der Waals surface area contributed by atoms with E-state index in [-0.39, 0.29) is 10.5 Å². The molecule has 0 heterocycles. The largest absolute Gasteiger partial charge is 0.417 e. The van der Waals surface area contributed by atoms with Gasteiger partial charge in [-0.1, -0.05) is 29.2 Å². The van der Waals surface area contributed by atoms with Crippen molar-refractivity contribution in [3.8, 4) is 0 Å². The van der Waals surface area contributed by atoms with E-state index in [4.69, 9.17) is 19.4 Å². The summed E-state index contributed by atoms with van der Waals surface area (Å²) in [5.74, 6) is 0. The van der Waals surface area contributed by atoms with Crippen molar-refractivity contribution >= 4 is 24.9 Å². The molecule has 0 aliphatic rings. The predicted molar refractivity (Wildman–Crippen MR) is 41.8 cm³/mol. The zero-order valence-electron chi connectivity index (χ0n) is 5.82. The molecule has 12 heavy (non-hydrogen) atoms. The highest BCUT2D eigenvalue weighted by Crippen LogP contribution is 2.33. The van der Waals surface area contributed by atoms with E-state index in [1.807, 2.05) is 0 Å². The number of rotatable bonds is 0. The molecule has 0 saturated carbocycles. The van der Waals surface area contributed by atoms with E-state index in [1.165, 1.54) is 6.07 Å². The Hall–Kier alpha value is -0.635. The smallest absolute Gasteiger partial charge is 0.166 e. The van der Waals surface area contributed by atoms with E-state index in [9.17, 15) is 13.2 Å². The Morgan fingerprint density at radius 3 is 2.25 bits per heavy atom. The van der Waals surface area contributed by atoms with Crippen molar-refractivity contribution < 1.29 is 13.2 Å². The summed E-state index contributed by atoms with van der Waals surface area (Å²) < 4.78 is 36.3. The summed E-state index contributed by atoms with van der Waals surface area (Å²) in [6.07, 6.45) is -4.44. The van der Waals surface area contributed by atoms with E-state index in [0.717, 1.165) is 12.1 Å². The fourth-order valence-corrected chi connectivity index (χ4v) is 0.985. The van der Waals surface area contributed by atoms with Gasteiger partial charge in [-0.3, -0.25) is 0 Å². The standard InChI is InChI=1S/C7H3BClF3/c8-4-1-2-6(9)5(3-4)7(10,11)12/h1-3H. The number of benzene rings is 1. The molecule has 5 heteroatoms. The maximum absolute atomic E-state index is 12.1. The van der Waals surface area contributed by atoms with Crippen LogP contribution in [0.1, 0.15) is 5.56 Å². The van der Waals surface area contributed by atoms with Gasteiger partial charge in [0.2, 0.25) is 0 Å². The highest BCUT2D eigenvalue weighted by molar-refractivity contribution is 6.34. The second kappa shape index (κ2) is 3.01. The van der Waals surface area contributed by atoms with Crippen LogP contribution in [-0.4, -0.2) is 7.85 Å². The molecule has 0 aliphatic heterocycles. The van der Waals surface area contributed by atoms with Gasteiger partial charge in [0.05, 0.1) is 10.6 Å². The van der Waals surface area contributed by atoms with Gasteiger partial charge in [-0.05, 0) is 6.07 Å². The molecule has 62 valence electrons. The lowest BCUT2D eigenvalue weighted by atomic mass is 9.94. The highest BCUT2D eigenvalue weighted by atomic mass is 35.5. The monoisotopic (exact) mass is 190 g/mol. The molecule has 0 fully saturated rings. The van der Waals surface area contributed by atoms with Crippen LogP contribution >= 0.6 is 11.6 Å². The van der Waals surface area contributed by atoms with Gasteiger partial charge < -0.3 is 0 Å². The lowest BCUT2D eigenvalue weighted by Crippen LogP contribution is -2.11. The van der Waals surface area contributed by atoms with E-state index in [1.54, 1.807) is 0 Å². The first-order chi connectivity index (χ1) is 5.41. The molecule has 1 rings (SSSR count). The van der Waals surface area contributed by atoms with Crippen LogP contribution in [-0.2, 0) is 6.18 Å². The molecule has 0 aromatic heterocycles. The summed E-state index contributed by atoms with van der Waals surface area (Å²) >= 11 is 5.31. The van der Waals surface area contributed by atoms with Gasteiger partial charge in [-0.15, -0.1) is 0 Å². The molecule has 0 unspecified atom stereocenters. The SMILES string of the molecule is [B]c1ccc(Cl)c(C(F)(F)F)c1. The first kappa shape index (κ1) is 9.45. The molecule has 0 atom stereocenters. The topological polar surface area (TPSA) is 0 Å². The van der Waals surface area contributed by atoms with E-state index >= 15 is 0 Å². The molecule has 1 aromatic rings. The minimum absolute atomic E-state index is 0.0479. The summed E-state index contributed by atoms with van der Waals surface area (Å²) in [4.78, 5) is 0. The number of alkyl halides is 3. The first-order valence-corrected chi connectivity index (χ1v) is 3.41. The average molecular weight is 190 g/mol. The zero-order valence-corrected chi connectivity index (χ0v) is 6.58. The van der Waals surface area contributed by atoms with E-state index in [0.29, 0.717) is 0 Å². The van der Waals surface area contributed by atoms with Crippen LogP contribution in [0, 0.1) is 0 Å². The molecule has 0 spiro atoms. The van der Waals surface area contributed by atoms with Crippen LogP contribution in [0.25, 0.3) is 0 Å². The minimum atomic E-state index is -4.44. The Bertz CT molecular complexity index is 295. The Morgan fingerprint density at radius 2 is 1.83 bits per heavy atom. The molecule has 0 bridgehead atoms. The van der Waals surface area contributed by atoms with Crippen LogP contribution in [0.3, 0.4) is 0 Å². The Kier molecular flexibility index (Phi) is 2.37. The summed E-state index contributed by atoms with van der Waals surface area (Å²) in [6, 6.07) is 3.25.